The van der Waals surface area contributed by atoms with Crippen molar-refractivity contribution in [1.29, 1.82) is 0 Å². The van der Waals surface area contributed by atoms with Crippen LogP contribution in [0.4, 0.5) is 22.0 Å². The van der Waals surface area contributed by atoms with Crippen molar-refractivity contribution in [1.82, 2.24) is 14.8 Å². The van der Waals surface area contributed by atoms with E-state index in [1.807, 2.05) is 0 Å². The third-order valence-electron chi connectivity index (χ3n) is 4.70. The average molecular weight is 427 g/mol. The van der Waals surface area contributed by atoms with E-state index in [9.17, 15) is 26.7 Å². The maximum Gasteiger partial charge on any atom is 0.490 e. The molecule has 0 unspecified atom stereocenters. The Labute approximate surface area is 163 Å². The van der Waals surface area contributed by atoms with Crippen LogP contribution in [0.2, 0.25) is 0 Å². The van der Waals surface area contributed by atoms with Gasteiger partial charge in [-0.2, -0.15) is 13.2 Å². The molecule has 0 atom stereocenters. The Morgan fingerprint density at radius 2 is 1.72 bits per heavy atom. The second-order valence-corrected chi connectivity index (χ2v) is 7.15. The van der Waals surface area contributed by atoms with Crippen molar-refractivity contribution in [2.75, 3.05) is 19.6 Å². The van der Waals surface area contributed by atoms with Crippen LogP contribution in [0.5, 0.6) is 0 Å². The highest BCUT2D eigenvalue weighted by Gasteiger charge is 2.38. The first-order valence-corrected chi connectivity index (χ1v) is 9.00. The fourth-order valence-corrected chi connectivity index (χ4v) is 2.92. The molecule has 2 aliphatic rings. The van der Waals surface area contributed by atoms with Gasteiger partial charge >= 0.3 is 18.1 Å². The number of alkyl halides is 5. The molecule has 3 heterocycles. The number of carboxylic acid groups (broad SMARTS) is 1. The number of carboxylic acids is 1. The van der Waals surface area contributed by atoms with E-state index in [0.29, 0.717) is 12.6 Å². The number of carbonyl (C=O) groups is 2. The van der Waals surface area contributed by atoms with Gasteiger partial charge < -0.3 is 14.4 Å². The third kappa shape index (κ3) is 6.12. The lowest BCUT2D eigenvalue weighted by Gasteiger charge is -2.30. The number of aliphatic carboxylic acids is 1. The Balaban J connectivity index is 0.000000370. The van der Waals surface area contributed by atoms with Crippen LogP contribution >= 0.6 is 0 Å². The van der Waals surface area contributed by atoms with Crippen molar-refractivity contribution in [3.63, 3.8) is 0 Å². The number of aromatic nitrogens is 1. The smallest absolute Gasteiger partial charge is 0.475 e. The highest BCUT2D eigenvalue weighted by molar-refractivity contribution is 5.89. The zero-order valence-electron chi connectivity index (χ0n) is 15.9. The Morgan fingerprint density at radius 3 is 2.21 bits per heavy atom. The molecule has 1 N–H and O–H groups in total. The maximum atomic E-state index is 13.2. The Morgan fingerprint density at radius 1 is 1.17 bits per heavy atom. The molecule has 164 valence electrons. The normalized spacial score (nSPS) is 19.4. The average Bonchev–Trinajstić information content (AvgIpc) is 3.04. The summed E-state index contributed by atoms with van der Waals surface area (Å²) in [7, 11) is 0. The van der Waals surface area contributed by atoms with E-state index < -0.39 is 18.1 Å². The Kier molecular flexibility index (Phi) is 6.86. The van der Waals surface area contributed by atoms with Crippen molar-refractivity contribution in [3.05, 3.63) is 17.3 Å². The molecule has 0 bridgehead atoms. The largest absolute Gasteiger partial charge is 0.490 e. The van der Waals surface area contributed by atoms with E-state index in [4.69, 9.17) is 14.3 Å². The summed E-state index contributed by atoms with van der Waals surface area (Å²) in [5.41, 5.74) is 0.797. The van der Waals surface area contributed by atoms with E-state index in [-0.39, 0.29) is 37.7 Å². The minimum absolute atomic E-state index is 0.0424. The lowest BCUT2D eigenvalue weighted by Crippen LogP contribution is -2.42. The second-order valence-electron chi connectivity index (χ2n) is 7.15. The van der Waals surface area contributed by atoms with E-state index >= 15 is 0 Å². The van der Waals surface area contributed by atoms with Gasteiger partial charge in [-0.25, -0.2) is 18.6 Å². The first kappa shape index (κ1) is 23.0. The number of oxazole rings is 1. The van der Waals surface area contributed by atoms with Crippen LogP contribution in [0, 0.1) is 0 Å². The maximum absolute atomic E-state index is 13.2. The Bertz CT molecular complexity index is 738. The number of likely N-dealkylation sites (tertiary alicyclic amines) is 1. The number of hydrogen-bond acceptors (Lipinski definition) is 5. The topological polar surface area (TPSA) is 86.9 Å². The SMILES string of the molecule is CC(C)N1CCc2oc(C(=O)N3CCC(F)(F)CC3)nc2C1.O=C(O)C(F)(F)F. The predicted octanol–water partition coefficient (Wildman–Crippen LogP) is 2.95. The summed E-state index contributed by atoms with van der Waals surface area (Å²) >= 11 is 0. The molecular formula is C17H22F5N3O4. The number of amides is 1. The molecular weight excluding hydrogens is 405 g/mol. The molecule has 1 fully saturated rings. The van der Waals surface area contributed by atoms with Gasteiger partial charge in [-0.1, -0.05) is 0 Å². The molecule has 29 heavy (non-hydrogen) atoms. The second kappa shape index (κ2) is 8.64. The number of fused-ring (bicyclic) bond motifs is 1. The van der Waals surface area contributed by atoms with Gasteiger partial charge in [0.1, 0.15) is 5.76 Å². The number of halogens is 5. The van der Waals surface area contributed by atoms with E-state index in [1.54, 1.807) is 0 Å². The molecule has 3 rings (SSSR count). The molecule has 0 saturated carbocycles. The van der Waals surface area contributed by atoms with Crippen molar-refractivity contribution < 1.29 is 41.1 Å². The van der Waals surface area contributed by atoms with E-state index in [0.717, 1.165) is 24.4 Å². The van der Waals surface area contributed by atoms with Crippen LogP contribution in [0.1, 0.15) is 48.8 Å². The van der Waals surface area contributed by atoms with Crippen LogP contribution in [-0.4, -0.2) is 69.5 Å². The summed E-state index contributed by atoms with van der Waals surface area (Å²) in [6.07, 6.45) is -4.94. The molecule has 0 radical (unpaired) electrons. The molecule has 1 saturated heterocycles. The number of nitrogens with zero attached hydrogens (tertiary/aromatic N) is 3. The fraction of sp³-hybridized carbons (Fsp3) is 0.706. The summed E-state index contributed by atoms with van der Waals surface area (Å²) in [5.74, 6) is -5.00. The first-order valence-electron chi connectivity index (χ1n) is 9.00. The van der Waals surface area contributed by atoms with Crippen molar-refractivity contribution in [2.45, 2.75) is 57.8 Å². The zero-order valence-corrected chi connectivity index (χ0v) is 15.9. The molecule has 2 aliphatic heterocycles. The van der Waals surface area contributed by atoms with Crippen LogP contribution in [0.15, 0.2) is 4.42 Å². The minimum Gasteiger partial charge on any atom is -0.475 e. The summed E-state index contributed by atoms with van der Waals surface area (Å²) in [6.45, 7) is 5.88. The van der Waals surface area contributed by atoms with Gasteiger partial charge in [-0.15, -0.1) is 0 Å². The van der Waals surface area contributed by atoms with E-state index in [1.165, 1.54) is 4.90 Å². The van der Waals surface area contributed by atoms with Crippen molar-refractivity contribution in [3.8, 4) is 0 Å². The summed E-state index contributed by atoms with van der Waals surface area (Å²) in [4.78, 5) is 29.2. The van der Waals surface area contributed by atoms with Crippen LogP contribution in [0.3, 0.4) is 0 Å². The van der Waals surface area contributed by atoms with Crippen molar-refractivity contribution in [2.24, 2.45) is 0 Å². The quantitative estimate of drug-likeness (QED) is 0.731. The molecule has 1 amide bonds. The first-order chi connectivity index (χ1) is 13.3. The number of hydrogen-bond donors (Lipinski definition) is 1. The molecule has 1 aromatic heterocycles. The molecule has 0 aliphatic carbocycles. The van der Waals surface area contributed by atoms with Crippen LogP contribution < -0.4 is 0 Å². The van der Waals surface area contributed by atoms with Gasteiger partial charge in [0.05, 0.1) is 5.69 Å². The van der Waals surface area contributed by atoms with Crippen molar-refractivity contribution >= 4 is 11.9 Å². The van der Waals surface area contributed by atoms with Gasteiger partial charge in [0.15, 0.2) is 0 Å². The van der Waals surface area contributed by atoms with Gasteiger partial charge in [0.2, 0.25) is 0 Å². The lowest BCUT2D eigenvalue weighted by molar-refractivity contribution is -0.192. The lowest BCUT2D eigenvalue weighted by atomic mass is 10.1. The summed E-state index contributed by atoms with van der Waals surface area (Å²) < 4.78 is 63.7. The molecule has 0 spiro atoms. The molecule has 12 heteroatoms. The van der Waals surface area contributed by atoms with Gasteiger partial charge in [0, 0.05) is 51.5 Å². The fourth-order valence-electron chi connectivity index (χ4n) is 2.92. The van der Waals surface area contributed by atoms with E-state index in [2.05, 4.69) is 23.7 Å². The standard InChI is InChI=1S/C15H21F2N3O2.C2HF3O2/c1-10(2)20-6-3-12-11(9-20)18-13(22-12)14(21)19-7-4-15(16,17)5-8-19;3-2(4,5)1(6)7/h10H,3-9H2,1-2H3;(H,6,7). The van der Waals surface area contributed by atoms with Gasteiger partial charge in [-0.3, -0.25) is 9.69 Å². The number of carbonyl (C=O) groups excluding carboxylic acids is 1. The van der Waals surface area contributed by atoms with Gasteiger partial charge in [-0.05, 0) is 13.8 Å². The molecule has 1 aromatic rings. The number of piperidine rings is 1. The minimum atomic E-state index is -5.08. The molecule has 0 aromatic carbocycles. The Hall–Kier alpha value is -2.24. The van der Waals surface area contributed by atoms with Crippen LogP contribution in [0.25, 0.3) is 0 Å². The number of rotatable bonds is 2. The van der Waals surface area contributed by atoms with Crippen LogP contribution in [-0.2, 0) is 17.8 Å². The zero-order chi connectivity index (χ0) is 22.0. The monoisotopic (exact) mass is 427 g/mol. The highest BCUT2D eigenvalue weighted by atomic mass is 19.4. The van der Waals surface area contributed by atoms with Gasteiger partial charge in [0.25, 0.3) is 11.8 Å². The predicted molar refractivity (Wildman–Crippen MR) is 89.5 cm³/mol. The molecule has 7 nitrogen and oxygen atoms in total. The highest BCUT2D eigenvalue weighted by Crippen LogP contribution is 2.29. The summed E-state index contributed by atoms with van der Waals surface area (Å²) in [6, 6.07) is 0.410. The third-order valence-corrected chi connectivity index (χ3v) is 4.70. The summed E-state index contributed by atoms with van der Waals surface area (Å²) in [5, 5.41) is 7.12.